The average molecular weight is 318 g/mol. The molecule has 1 aromatic rings. The van der Waals surface area contributed by atoms with Gasteiger partial charge in [0, 0.05) is 12.1 Å². The molecule has 0 saturated heterocycles. The molecule has 4 nitrogen and oxygen atoms in total. The molecular weight excluding hydrogens is 298 g/mol. The van der Waals surface area contributed by atoms with E-state index in [-0.39, 0.29) is 10.6 Å². The van der Waals surface area contributed by atoms with Crippen molar-refractivity contribution in [2.24, 2.45) is 5.73 Å². The number of benzene rings is 1. The molecule has 1 fully saturated rings. The number of hydrogen-bond acceptors (Lipinski definition) is 4. The normalized spacial score (nSPS) is 18.7. The smallest absolute Gasteiger partial charge is 0.341 e. The van der Waals surface area contributed by atoms with E-state index in [0.29, 0.717) is 6.54 Å². The van der Waals surface area contributed by atoms with Crippen molar-refractivity contribution >= 4 is 15.5 Å². The largest absolute Gasteiger partial charge is 0.382 e. The van der Waals surface area contributed by atoms with Gasteiger partial charge in [-0.25, -0.2) is 8.42 Å². The Labute approximate surface area is 123 Å². The molecule has 0 amide bonds. The summed E-state index contributed by atoms with van der Waals surface area (Å²) in [6.45, 7) is 0.378. The molecule has 0 aromatic heterocycles. The van der Waals surface area contributed by atoms with Crippen molar-refractivity contribution in [1.82, 2.24) is 0 Å². The molecule has 0 radical (unpaired) electrons. The van der Waals surface area contributed by atoms with Gasteiger partial charge >= 0.3 is 5.76 Å². The van der Waals surface area contributed by atoms with Crippen LogP contribution in [0.4, 0.5) is 14.5 Å². The van der Waals surface area contributed by atoms with Gasteiger partial charge in [-0.15, -0.1) is 0 Å². The molecule has 3 N–H and O–H groups in total. The van der Waals surface area contributed by atoms with Crippen LogP contribution in [0.3, 0.4) is 0 Å². The number of sulfone groups is 1. The molecule has 1 aliphatic carbocycles. The molecule has 0 spiro atoms. The molecule has 0 bridgehead atoms. The number of hydrogen-bond donors (Lipinski definition) is 2. The van der Waals surface area contributed by atoms with Crippen LogP contribution in [-0.2, 0) is 9.84 Å². The standard InChI is InChI=1S/C14H20F2N2O2S/c15-13(16)21(19,20)12-7-3-2-6-11(12)18-10-14(17)8-4-1-5-9-14/h2-3,6-7,13,18H,1,4-5,8-10,17H2. The first-order valence-corrected chi connectivity index (χ1v) is 8.54. The molecule has 1 aromatic carbocycles. The minimum absolute atomic E-state index is 0.188. The lowest BCUT2D eigenvalue weighted by molar-refractivity contribution is 0.235. The van der Waals surface area contributed by atoms with Crippen LogP contribution in [0, 0.1) is 0 Å². The van der Waals surface area contributed by atoms with E-state index < -0.39 is 21.1 Å². The molecule has 21 heavy (non-hydrogen) atoms. The van der Waals surface area contributed by atoms with Gasteiger partial charge in [-0.2, -0.15) is 8.78 Å². The van der Waals surface area contributed by atoms with Crippen LogP contribution in [0.1, 0.15) is 32.1 Å². The molecule has 7 heteroatoms. The minimum Gasteiger partial charge on any atom is -0.382 e. The summed E-state index contributed by atoms with van der Waals surface area (Å²) in [4.78, 5) is -0.376. The Morgan fingerprint density at radius 2 is 1.81 bits per heavy atom. The van der Waals surface area contributed by atoms with Crippen LogP contribution in [0.15, 0.2) is 29.2 Å². The minimum atomic E-state index is -4.62. The van der Waals surface area contributed by atoms with Crippen molar-refractivity contribution < 1.29 is 17.2 Å². The molecular formula is C14H20F2N2O2S. The average Bonchev–Trinajstić information content (AvgIpc) is 2.46. The third-order valence-corrected chi connectivity index (χ3v) is 5.35. The second-order valence-electron chi connectivity index (χ2n) is 5.58. The predicted octanol–water partition coefficient (Wildman–Crippen LogP) is 2.76. The summed E-state index contributed by atoms with van der Waals surface area (Å²) in [6, 6.07) is 5.71. The molecule has 1 aliphatic rings. The van der Waals surface area contributed by atoms with Gasteiger partial charge in [-0.05, 0) is 25.0 Å². The molecule has 0 heterocycles. The quantitative estimate of drug-likeness (QED) is 0.875. The van der Waals surface area contributed by atoms with Gasteiger partial charge in [0.05, 0.1) is 10.6 Å². The maximum absolute atomic E-state index is 12.7. The SMILES string of the molecule is NC1(CNc2ccccc2S(=O)(=O)C(F)F)CCCCC1. The number of halogens is 2. The molecule has 0 aliphatic heterocycles. The zero-order valence-corrected chi connectivity index (χ0v) is 12.5. The van der Waals surface area contributed by atoms with Crippen molar-refractivity contribution in [3.05, 3.63) is 24.3 Å². The first kappa shape index (κ1) is 16.2. The maximum atomic E-state index is 12.7. The molecule has 2 rings (SSSR count). The van der Waals surface area contributed by atoms with E-state index in [2.05, 4.69) is 5.32 Å². The zero-order valence-electron chi connectivity index (χ0n) is 11.7. The van der Waals surface area contributed by atoms with Crippen molar-refractivity contribution in [2.45, 2.75) is 48.3 Å². The molecule has 0 unspecified atom stereocenters. The maximum Gasteiger partial charge on any atom is 0.341 e. The summed E-state index contributed by atoms with van der Waals surface area (Å²) in [5.41, 5.74) is 6.05. The Hall–Kier alpha value is -1.21. The number of para-hydroxylation sites is 1. The van der Waals surface area contributed by atoms with E-state index in [1.807, 2.05) is 0 Å². The van der Waals surface area contributed by atoms with E-state index in [4.69, 9.17) is 5.73 Å². The summed E-state index contributed by atoms with van der Waals surface area (Å²) >= 11 is 0. The Kier molecular flexibility index (Phi) is 4.83. The highest BCUT2D eigenvalue weighted by Crippen LogP contribution is 2.29. The van der Waals surface area contributed by atoms with Crippen LogP contribution in [0.2, 0.25) is 0 Å². The number of nitrogens with two attached hydrogens (primary N) is 1. The molecule has 0 atom stereocenters. The fraction of sp³-hybridized carbons (Fsp3) is 0.571. The van der Waals surface area contributed by atoms with Crippen molar-refractivity contribution in [2.75, 3.05) is 11.9 Å². The lowest BCUT2D eigenvalue weighted by Crippen LogP contribution is -2.47. The van der Waals surface area contributed by atoms with Gasteiger partial charge in [0.25, 0.3) is 0 Å². The zero-order chi connectivity index (χ0) is 15.5. The molecule has 118 valence electrons. The first-order valence-electron chi connectivity index (χ1n) is 6.99. The van der Waals surface area contributed by atoms with Crippen molar-refractivity contribution in [3.63, 3.8) is 0 Å². The Balaban J connectivity index is 2.18. The lowest BCUT2D eigenvalue weighted by atomic mass is 9.82. The Morgan fingerprint density at radius 1 is 1.19 bits per heavy atom. The van der Waals surface area contributed by atoms with Crippen molar-refractivity contribution in [1.29, 1.82) is 0 Å². The summed E-state index contributed by atoms with van der Waals surface area (Å²) in [7, 11) is -4.62. The van der Waals surface area contributed by atoms with Gasteiger partial charge in [0.15, 0.2) is 0 Å². The van der Waals surface area contributed by atoms with E-state index in [0.717, 1.165) is 32.1 Å². The van der Waals surface area contributed by atoms with E-state index in [1.165, 1.54) is 18.2 Å². The molecule has 1 saturated carbocycles. The third kappa shape index (κ3) is 3.71. The van der Waals surface area contributed by atoms with Gasteiger partial charge in [-0.3, -0.25) is 0 Å². The number of rotatable bonds is 5. The highest BCUT2D eigenvalue weighted by molar-refractivity contribution is 7.91. The second-order valence-corrected chi connectivity index (χ2v) is 7.46. The highest BCUT2D eigenvalue weighted by Gasteiger charge is 2.31. The lowest BCUT2D eigenvalue weighted by Gasteiger charge is -2.34. The van der Waals surface area contributed by atoms with Crippen LogP contribution < -0.4 is 11.1 Å². The monoisotopic (exact) mass is 318 g/mol. The van der Waals surface area contributed by atoms with Gasteiger partial charge in [0.1, 0.15) is 0 Å². The van der Waals surface area contributed by atoms with Crippen LogP contribution in [-0.4, -0.2) is 26.3 Å². The number of anilines is 1. The first-order chi connectivity index (χ1) is 9.85. The fourth-order valence-electron chi connectivity index (χ4n) is 2.66. The summed E-state index contributed by atoms with van der Waals surface area (Å²) in [5, 5.41) is 2.95. The van der Waals surface area contributed by atoms with E-state index in [1.54, 1.807) is 6.07 Å². The van der Waals surface area contributed by atoms with Gasteiger partial charge in [-0.1, -0.05) is 31.4 Å². The fourth-order valence-corrected chi connectivity index (χ4v) is 3.57. The summed E-state index contributed by atoms with van der Waals surface area (Å²) in [5.74, 6) is -3.43. The van der Waals surface area contributed by atoms with Crippen LogP contribution >= 0.6 is 0 Å². The topological polar surface area (TPSA) is 72.2 Å². The predicted molar refractivity (Wildman–Crippen MR) is 78.1 cm³/mol. The third-order valence-electron chi connectivity index (χ3n) is 3.91. The van der Waals surface area contributed by atoms with E-state index >= 15 is 0 Å². The number of nitrogens with one attached hydrogen (secondary N) is 1. The summed E-state index contributed by atoms with van der Waals surface area (Å²) in [6.07, 6.45) is 4.92. The van der Waals surface area contributed by atoms with Crippen molar-refractivity contribution in [3.8, 4) is 0 Å². The van der Waals surface area contributed by atoms with Gasteiger partial charge < -0.3 is 11.1 Å². The van der Waals surface area contributed by atoms with Crippen LogP contribution in [0.25, 0.3) is 0 Å². The van der Waals surface area contributed by atoms with Gasteiger partial charge in [0.2, 0.25) is 9.84 Å². The van der Waals surface area contributed by atoms with Crippen LogP contribution in [0.5, 0.6) is 0 Å². The number of alkyl halides is 2. The summed E-state index contributed by atoms with van der Waals surface area (Å²) < 4.78 is 48.7. The highest BCUT2D eigenvalue weighted by atomic mass is 32.2. The van der Waals surface area contributed by atoms with E-state index in [9.17, 15) is 17.2 Å². The second kappa shape index (κ2) is 6.27. The Bertz CT molecular complexity index is 584. The Morgan fingerprint density at radius 3 is 2.43 bits per heavy atom.